The number of hydrogen-bond donors (Lipinski definition) is 1. The molecule has 0 atom stereocenters. The molecule has 2 aromatic rings. The van der Waals surface area contributed by atoms with Gasteiger partial charge in [-0.2, -0.15) is 0 Å². The van der Waals surface area contributed by atoms with Crippen LogP contribution >= 0.6 is 0 Å². The molecule has 1 aromatic carbocycles. The highest BCUT2D eigenvalue weighted by atomic mass is 16.2. The number of piperidine rings is 1. The molecular weight excluding hydrogens is 264 g/mol. The normalized spacial score (nSPS) is 16.0. The fraction of sp³-hybridized carbons (Fsp3) is 0.375. The number of aromatic nitrogens is 2. The Morgan fingerprint density at radius 1 is 1.29 bits per heavy atom. The van der Waals surface area contributed by atoms with Gasteiger partial charge in [0.15, 0.2) is 0 Å². The zero-order valence-corrected chi connectivity index (χ0v) is 12.2. The number of imidazole rings is 1. The fourth-order valence-electron chi connectivity index (χ4n) is 2.78. The third-order valence-electron chi connectivity index (χ3n) is 3.99. The summed E-state index contributed by atoms with van der Waals surface area (Å²) in [4.78, 5) is 17.4. The summed E-state index contributed by atoms with van der Waals surface area (Å²) in [5.41, 5.74) is 2.21. The van der Waals surface area contributed by atoms with E-state index in [1.807, 2.05) is 27.8 Å². The number of carbonyl (C=O) groups excluding carboxylic acids is 1. The van der Waals surface area contributed by atoms with Crippen molar-refractivity contribution in [3.05, 3.63) is 43.0 Å². The first-order valence-corrected chi connectivity index (χ1v) is 7.33. The van der Waals surface area contributed by atoms with Crippen LogP contribution in [0.15, 0.2) is 43.0 Å². The van der Waals surface area contributed by atoms with Crippen molar-refractivity contribution in [3.63, 3.8) is 0 Å². The summed E-state index contributed by atoms with van der Waals surface area (Å²) in [6.07, 6.45) is 7.50. The molecule has 0 spiro atoms. The Morgan fingerprint density at radius 3 is 2.71 bits per heavy atom. The van der Waals surface area contributed by atoms with Gasteiger partial charge < -0.3 is 14.8 Å². The maximum absolute atomic E-state index is 11.4. The Balaban J connectivity index is 1.70. The van der Waals surface area contributed by atoms with Crippen LogP contribution in [0.5, 0.6) is 0 Å². The number of carbonyl (C=O) groups is 1. The van der Waals surface area contributed by atoms with Crippen LogP contribution in [0.2, 0.25) is 0 Å². The molecule has 1 aromatic heterocycles. The number of likely N-dealkylation sites (tertiary alicyclic amines) is 1. The summed E-state index contributed by atoms with van der Waals surface area (Å²) < 4.78 is 2.01. The SMILES string of the molecule is CC(=O)N1CCC(Nc2ccccc2-n2ccnc2)CC1. The smallest absolute Gasteiger partial charge is 0.219 e. The van der Waals surface area contributed by atoms with Crippen molar-refractivity contribution >= 4 is 11.6 Å². The lowest BCUT2D eigenvalue weighted by Gasteiger charge is -2.32. The van der Waals surface area contributed by atoms with E-state index in [0.717, 1.165) is 37.3 Å². The van der Waals surface area contributed by atoms with Crippen LogP contribution in [0.25, 0.3) is 5.69 Å². The van der Waals surface area contributed by atoms with Crippen LogP contribution < -0.4 is 5.32 Å². The molecule has 0 unspecified atom stereocenters. The van der Waals surface area contributed by atoms with Gasteiger partial charge in [-0.3, -0.25) is 4.79 Å². The van der Waals surface area contributed by atoms with Crippen LogP contribution in [0.1, 0.15) is 19.8 Å². The second-order valence-corrected chi connectivity index (χ2v) is 5.41. The average Bonchev–Trinajstić information content (AvgIpc) is 3.02. The van der Waals surface area contributed by atoms with Crippen molar-refractivity contribution in [3.8, 4) is 5.69 Å². The van der Waals surface area contributed by atoms with Crippen LogP contribution in [-0.4, -0.2) is 39.5 Å². The second-order valence-electron chi connectivity index (χ2n) is 5.41. The maximum atomic E-state index is 11.4. The third kappa shape index (κ3) is 3.07. The molecule has 0 saturated carbocycles. The van der Waals surface area contributed by atoms with Crippen molar-refractivity contribution in [2.75, 3.05) is 18.4 Å². The predicted molar refractivity (Wildman–Crippen MR) is 82.5 cm³/mol. The standard InChI is InChI=1S/C16H20N4O/c1-13(21)19-9-6-14(7-10-19)18-15-4-2-3-5-16(15)20-11-8-17-12-20/h2-5,8,11-12,14,18H,6-7,9-10H2,1H3. The number of rotatable bonds is 3. The van der Waals surface area contributed by atoms with Crippen molar-refractivity contribution in [2.24, 2.45) is 0 Å². The first kappa shape index (κ1) is 13.7. The van der Waals surface area contributed by atoms with Gasteiger partial charge in [-0.1, -0.05) is 12.1 Å². The highest BCUT2D eigenvalue weighted by Crippen LogP contribution is 2.23. The molecule has 1 aliphatic rings. The minimum atomic E-state index is 0.173. The summed E-state index contributed by atoms with van der Waals surface area (Å²) in [6.45, 7) is 3.31. The lowest BCUT2D eigenvalue weighted by molar-refractivity contribution is -0.129. The molecule has 0 bridgehead atoms. The van der Waals surface area contributed by atoms with E-state index < -0.39 is 0 Å². The second kappa shape index (κ2) is 5.99. The van der Waals surface area contributed by atoms with Gasteiger partial charge >= 0.3 is 0 Å². The van der Waals surface area contributed by atoms with Gasteiger partial charge in [-0.25, -0.2) is 4.98 Å². The zero-order valence-electron chi connectivity index (χ0n) is 12.2. The highest BCUT2D eigenvalue weighted by molar-refractivity contribution is 5.73. The van der Waals surface area contributed by atoms with Gasteiger partial charge in [0.05, 0.1) is 17.7 Å². The van der Waals surface area contributed by atoms with Crippen molar-refractivity contribution in [1.82, 2.24) is 14.5 Å². The molecule has 1 saturated heterocycles. The molecule has 110 valence electrons. The molecule has 0 radical (unpaired) electrons. The Morgan fingerprint density at radius 2 is 2.05 bits per heavy atom. The molecule has 5 nitrogen and oxygen atoms in total. The van der Waals surface area contributed by atoms with Crippen LogP contribution in [0, 0.1) is 0 Å². The highest BCUT2D eigenvalue weighted by Gasteiger charge is 2.21. The molecule has 3 rings (SSSR count). The molecule has 2 heterocycles. The van der Waals surface area contributed by atoms with E-state index in [4.69, 9.17) is 0 Å². The first-order chi connectivity index (χ1) is 10.2. The summed E-state index contributed by atoms with van der Waals surface area (Å²) in [7, 11) is 0. The Bertz CT molecular complexity index is 600. The maximum Gasteiger partial charge on any atom is 0.219 e. The van der Waals surface area contributed by atoms with Crippen molar-refractivity contribution in [1.29, 1.82) is 0 Å². The van der Waals surface area contributed by atoms with Gasteiger partial charge in [-0.05, 0) is 25.0 Å². The quantitative estimate of drug-likeness (QED) is 0.941. The van der Waals surface area contributed by atoms with E-state index in [1.54, 1.807) is 19.4 Å². The minimum Gasteiger partial charge on any atom is -0.380 e. The summed E-state index contributed by atoms with van der Waals surface area (Å²) in [6, 6.07) is 8.64. The van der Waals surface area contributed by atoms with Crippen LogP contribution in [0.4, 0.5) is 5.69 Å². The van der Waals surface area contributed by atoms with E-state index in [2.05, 4.69) is 22.4 Å². The molecule has 1 aliphatic heterocycles. The van der Waals surface area contributed by atoms with E-state index in [9.17, 15) is 4.79 Å². The van der Waals surface area contributed by atoms with E-state index in [0.29, 0.717) is 6.04 Å². The average molecular weight is 284 g/mol. The lowest BCUT2D eigenvalue weighted by atomic mass is 10.0. The van der Waals surface area contributed by atoms with Gasteiger partial charge in [-0.15, -0.1) is 0 Å². The number of nitrogens with zero attached hydrogens (tertiary/aromatic N) is 3. The molecule has 1 amide bonds. The Hall–Kier alpha value is -2.30. The molecular formula is C16H20N4O. The van der Waals surface area contributed by atoms with E-state index in [-0.39, 0.29) is 5.91 Å². The molecule has 0 aliphatic carbocycles. The van der Waals surface area contributed by atoms with Gasteiger partial charge in [0.2, 0.25) is 5.91 Å². The van der Waals surface area contributed by atoms with Gasteiger partial charge in [0, 0.05) is 38.4 Å². The monoisotopic (exact) mass is 284 g/mol. The van der Waals surface area contributed by atoms with E-state index >= 15 is 0 Å². The molecule has 21 heavy (non-hydrogen) atoms. The summed E-state index contributed by atoms with van der Waals surface area (Å²) in [5, 5.41) is 3.61. The first-order valence-electron chi connectivity index (χ1n) is 7.33. The van der Waals surface area contributed by atoms with Crippen LogP contribution in [0.3, 0.4) is 0 Å². The largest absolute Gasteiger partial charge is 0.380 e. The Kier molecular flexibility index (Phi) is 3.90. The predicted octanol–water partition coefficient (Wildman–Crippen LogP) is 2.30. The van der Waals surface area contributed by atoms with Gasteiger partial charge in [0.25, 0.3) is 0 Å². The van der Waals surface area contributed by atoms with Crippen molar-refractivity contribution in [2.45, 2.75) is 25.8 Å². The summed E-state index contributed by atoms with van der Waals surface area (Å²) >= 11 is 0. The van der Waals surface area contributed by atoms with E-state index in [1.165, 1.54) is 0 Å². The summed E-state index contributed by atoms with van der Waals surface area (Å²) in [5.74, 6) is 0.173. The minimum absolute atomic E-state index is 0.173. The zero-order chi connectivity index (χ0) is 14.7. The number of hydrogen-bond acceptors (Lipinski definition) is 3. The molecule has 5 heteroatoms. The molecule has 1 N–H and O–H groups in total. The third-order valence-corrected chi connectivity index (χ3v) is 3.99. The molecule has 1 fully saturated rings. The Labute approximate surface area is 124 Å². The topological polar surface area (TPSA) is 50.2 Å². The number of anilines is 1. The van der Waals surface area contributed by atoms with Crippen LogP contribution in [-0.2, 0) is 4.79 Å². The number of para-hydroxylation sites is 2. The number of benzene rings is 1. The number of amides is 1. The fourth-order valence-corrected chi connectivity index (χ4v) is 2.78. The number of nitrogens with one attached hydrogen (secondary N) is 1. The lowest BCUT2D eigenvalue weighted by Crippen LogP contribution is -2.41. The van der Waals surface area contributed by atoms with Crippen molar-refractivity contribution < 1.29 is 4.79 Å². The van der Waals surface area contributed by atoms with Gasteiger partial charge in [0.1, 0.15) is 0 Å².